The third-order valence-electron chi connectivity index (χ3n) is 2.85. The Balaban J connectivity index is 2.71. The summed E-state index contributed by atoms with van der Waals surface area (Å²) in [4.78, 5) is 12.5. The molecule has 0 aromatic rings. The Morgan fingerprint density at radius 1 is 1.50 bits per heavy atom. The Morgan fingerprint density at radius 3 is 2.50 bits per heavy atom. The van der Waals surface area contributed by atoms with E-state index in [0.29, 0.717) is 12.8 Å². The second-order valence-electron chi connectivity index (χ2n) is 4.34. The summed E-state index contributed by atoms with van der Waals surface area (Å²) in [5.74, 6) is -0.615. The lowest BCUT2D eigenvalue weighted by Gasteiger charge is -2.32. The molecule has 7 heteroatoms. The number of carbonyl (C=O) groups excluding carboxylic acids is 1. The summed E-state index contributed by atoms with van der Waals surface area (Å²) in [6.07, 6.45) is -3.18. The fourth-order valence-corrected chi connectivity index (χ4v) is 1.93. The van der Waals surface area contributed by atoms with Crippen LogP contribution in [0.1, 0.15) is 26.2 Å². The highest BCUT2D eigenvalue weighted by molar-refractivity contribution is 5.71. The van der Waals surface area contributed by atoms with Gasteiger partial charge in [-0.25, -0.2) is 0 Å². The van der Waals surface area contributed by atoms with E-state index in [0.717, 1.165) is 0 Å². The zero-order valence-corrected chi connectivity index (χ0v) is 10.4. The fraction of sp³-hybridized carbons (Fsp3) is 0.909. The van der Waals surface area contributed by atoms with Crippen molar-refractivity contribution in [2.75, 3.05) is 19.7 Å². The summed E-state index contributed by atoms with van der Waals surface area (Å²) in [5.41, 5.74) is 5.23. The molecule has 1 rings (SSSR count). The molecule has 2 N–H and O–H groups in total. The maximum absolute atomic E-state index is 12.9. The van der Waals surface area contributed by atoms with Crippen molar-refractivity contribution in [3.63, 3.8) is 0 Å². The number of alkyl halides is 3. The number of ether oxygens (including phenoxy) is 1. The van der Waals surface area contributed by atoms with Crippen molar-refractivity contribution in [2.45, 2.75) is 44.4 Å². The van der Waals surface area contributed by atoms with Gasteiger partial charge in [0.2, 0.25) is 0 Å². The average molecular weight is 268 g/mol. The summed E-state index contributed by atoms with van der Waals surface area (Å²) in [6, 6.07) is -1.83. The molecule has 1 fully saturated rings. The summed E-state index contributed by atoms with van der Waals surface area (Å²) >= 11 is 0. The van der Waals surface area contributed by atoms with Gasteiger partial charge in [-0.2, -0.15) is 13.2 Å². The van der Waals surface area contributed by atoms with Crippen molar-refractivity contribution in [3.8, 4) is 0 Å². The number of carbonyl (C=O) groups is 1. The summed E-state index contributed by atoms with van der Waals surface area (Å²) < 4.78 is 43.5. The molecule has 0 bridgehead atoms. The van der Waals surface area contributed by atoms with Crippen LogP contribution in [-0.4, -0.2) is 48.8 Å². The standard InChI is InChI=1S/C11H19F3N2O2/c1-2-18-10(17)7-16(8-3-4-8)9(5-6-15)11(12,13)14/h8-9H,2-7,15H2,1H3. The Labute approximate surface area is 104 Å². The van der Waals surface area contributed by atoms with Crippen molar-refractivity contribution in [1.29, 1.82) is 0 Å². The van der Waals surface area contributed by atoms with Crippen molar-refractivity contribution in [1.82, 2.24) is 4.90 Å². The van der Waals surface area contributed by atoms with Crippen LogP contribution in [-0.2, 0) is 9.53 Å². The highest BCUT2D eigenvalue weighted by Gasteiger charge is 2.48. The molecule has 0 aliphatic heterocycles. The van der Waals surface area contributed by atoms with Gasteiger partial charge in [-0.3, -0.25) is 9.69 Å². The SMILES string of the molecule is CCOC(=O)CN(C1CC1)C(CCN)C(F)(F)F. The van der Waals surface area contributed by atoms with Gasteiger partial charge >= 0.3 is 12.1 Å². The molecule has 1 atom stereocenters. The molecule has 0 aromatic carbocycles. The molecule has 0 spiro atoms. The first kappa shape index (κ1) is 15.2. The topological polar surface area (TPSA) is 55.6 Å². The highest BCUT2D eigenvalue weighted by Crippen LogP contribution is 2.35. The first-order valence-electron chi connectivity index (χ1n) is 6.08. The maximum Gasteiger partial charge on any atom is 0.404 e. The lowest BCUT2D eigenvalue weighted by Crippen LogP contribution is -2.50. The highest BCUT2D eigenvalue weighted by atomic mass is 19.4. The number of hydrogen-bond acceptors (Lipinski definition) is 4. The second kappa shape index (κ2) is 6.38. The summed E-state index contributed by atoms with van der Waals surface area (Å²) in [6.45, 7) is 1.42. The van der Waals surface area contributed by atoms with Crippen LogP contribution in [0.15, 0.2) is 0 Å². The molecule has 1 saturated carbocycles. The van der Waals surface area contributed by atoms with Crippen molar-refractivity contribution >= 4 is 5.97 Å². The number of nitrogens with zero attached hydrogens (tertiary/aromatic N) is 1. The van der Waals surface area contributed by atoms with Crippen molar-refractivity contribution in [3.05, 3.63) is 0 Å². The molecule has 1 unspecified atom stereocenters. The van der Waals surface area contributed by atoms with E-state index in [1.54, 1.807) is 6.92 Å². The first-order chi connectivity index (χ1) is 8.40. The molecule has 1 aliphatic carbocycles. The van der Waals surface area contributed by atoms with Crippen LogP contribution in [0.2, 0.25) is 0 Å². The molecular weight excluding hydrogens is 249 g/mol. The Hall–Kier alpha value is -0.820. The van der Waals surface area contributed by atoms with Crippen LogP contribution in [0.4, 0.5) is 13.2 Å². The molecule has 4 nitrogen and oxygen atoms in total. The quantitative estimate of drug-likeness (QED) is 0.707. The second-order valence-corrected chi connectivity index (χ2v) is 4.34. The molecular formula is C11H19F3N2O2. The normalized spacial score (nSPS) is 17.9. The van der Waals surface area contributed by atoms with Gasteiger partial charge in [0.05, 0.1) is 13.2 Å². The van der Waals surface area contributed by atoms with Crippen LogP contribution < -0.4 is 5.73 Å². The van der Waals surface area contributed by atoms with Crippen molar-refractivity contribution < 1.29 is 22.7 Å². The predicted molar refractivity (Wildman–Crippen MR) is 59.9 cm³/mol. The number of rotatable bonds is 7. The number of halogens is 3. The number of nitrogens with two attached hydrogens (primary N) is 1. The van der Waals surface area contributed by atoms with Gasteiger partial charge in [-0.05, 0) is 32.7 Å². The lowest BCUT2D eigenvalue weighted by molar-refractivity contribution is -0.189. The molecule has 0 radical (unpaired) electrons. The molecule has 18 heavy (non-hydrogen) atoms. The molecule has 106 valence electrons. The summed E-state index contributed by atoms with van der Waals surface area (Å²) in [7, 11) is 0. The van der Waals surface area contributed by atoms with E-state index in [2.05, 4.69) is 0 Å². The Kier molecular flexibility index (Phi) is 5.40. The van der Waals surface area contributed by atoms with E-state index in [9.17, 15) is 18.0 Å². The lowest BCUT2D eigenvalue weighted by atomic mass is 10.1. The molecule has 0 aromatic heterocycles. The Bertz CT molecular complexity index is 280. The zero-order valence-electron chi connectivity index (χ0n) is 10.4. The van der Waals surface area contributed by atoms with Gasteiger partial charge in [0.1, 0.15) is 6.04 Å². The molecule has 0 amide bonds. The average Bonchev–Trinajstić information content (AvgIpc) is 3.05. The number of hydrogen-bond donors (Lipinski definition) is 1. The van der Waals surface area contributed by atoms with Crippen LogP contribution in [0.5, 0.6) is 0 Å². The largest absolute Gasteiger partial charge is 0.465 e. The van der Waals surface area contributed by atoms with Gasteiger partial charge in [0.25, 0.3) is 0 Å². The van der Waals surface area contributed by atoms with E-state index >= 15 is 0 Å². The monoisotopic (exact) mass is 268 g/mol. The van der Waals surface area contributed by atoms with Gasteiger partial charge in [-0.1, -0.05) is 0 Å². The zero-order chi connectivity index (χ0) is 13.8. The third kappa shape index (κ3) is 4.45. The Morgan fingerprint density at radius 2 is 2.11 bits per heavy atom. The first-order valence-corrected chi connectivity index (χ1v) is 6.08. The maximum atomic E-state index is 12.9. The molecule has 0 saturated heterocycles. The summed E-state index contributed by atoms with van der Waals surface area (Å²) in [5, 5.41) is 0. The van der Waals surface area contributed by atoms with Crippen LogP contribution in [0.3, 0.4) is 0 Å². The molecule has 1 aliphatic rings. The smallest absolute Gasteiger partial charge is 0.404 e. The fourth-order valence-electron chi connectivity index (χ4n) is 1.93. The number of esters is 1. The van der Waals surface area contributed by atoms with Crippen molar-refractivity contribution in [2.24, 2.45) is 5.73 Å². The minimum absolute atomic E-state index is 0.0593. The van der Waals surface area contributed by atoms with Gasteiger partial charge in [-0.15, -0.1) is 0 Å². The van der Waals surface area contributed by atoms with E-state index in [-0.39, 0.29) is 32.2 Å². The van der Waals surface area contributed by atoms with E-state index < -0.39 is 18.2 Å². The van der Waals surface area contributed by atoms with E-state index in [4.69, 9.17) is 10.5 Å². The third-order valence-corrected chi connectivity index (χ3v) is 2.85. The van der Waals surface area contributed by atoms with E-state index in [1.807, 2.05) is 0 Å². The van der Waals surface area contributed by atoms with Gasteiger partial charge in [0, 0.05) is 6.04 Å². The van der Waals surface area contributed by atoms with Crippen LogP contribution >= 0.6 is 0 Å². The minimum atomic E-state index is -4.37. The van der Waals surface area contributed by atoms with Gasteiger partial charge in [0.15, 0.2) is 0 Å². The van der Waals surface area contributed by atoms with Crippen LogP contribution in [0.25, 0.3) is 0 Å². The van der Waals surface area contributed by atoms with Crippen LogP contribution in [0, 0.1) is 0 Å². The predicted octanol–water partition coefficient (Wildman–Crippen LogP) is 1.29. The minimum Gasteiger partial charge on any atom is -0.465 e. The van der Waals surface area contributed by atoms with Gasteiger partial charge < -0.3 is 10.5 Å². The van der Waals surface area contributed by atoms with E-state index in [1.165, 1.54) is 4.90 Å². The molecule has 0 heterocycles.